The summed E-state index contributed by atoms with van der Waals surface area (Å²) in [6.45, 7) is 40.1. The Bertz CT molecular complexity index is 6590. The van der Waals surface area contributed by atoms with E-state index in [1.165, 1.54) is 64.2 Å². The lowest BCUT2D eigenvalue weighted by Crippen LogP contribution is -2.41. The van der Waals surface area contributed by atoms with E-state index in [0.717, 1.165) is 201 Å². The lowest BCUT2D eigenvalue weighted by Gasteiger charge is -2.32. The Labute approximate surface area is 845 Å². The molecule has 4 atom stereocenters. The van der Waals surface area contributed by atoms with Crippen LogP contribution in [0.1, 0.15) is 368 Å². The van der Waals surface area contributed by atoms with E-state index in [9.17, 15) is 19.2 Å². The van der Waals surface area contributed by atoms with Gasteiger partial charge in [0.2, 0.25) is 0 Å². The average molecular weight is 2100 g/mol. The van der Waals surface area contributed by atoms with Crippen molar-refractivity contribution in [2.24, 2.45) is 29.8 Å². The maximum atomic E-state index is 13.1. The quantitative estimate of drug-likeness (QED) is 0.0531. The highest BCUT2D eigenvalue weighted by molar-refractivity contribution is 9.11. The molecule has 19 rings (SSSR count). The van der Waals surface area contributed by atoms with Gasteiger partial charge >= 0.3 is 54.4 Å². The first-order chi connectivity index (χ1) is 66.1. The molecule has 740 valence electrons. The molecule has 11 heterocycles. The number of hydrogen-bond donors (Lipinski definition) is 4. The van der Waals surface area contributed by atoms with Crippen molar-refractivity contribution in [3.05, 3.63) is 247 Å². The Kier molecular flexibility index (Phi) is 32.3. The highest BCUT2D eigenvalue weighted by atomic mass is 79.9. The monoisotopic (exact) mass is 2090 g/mol. The Morgan fingerprint density at radius 1 is 0.457 bits per heavy atom. The Morgan fingerprint density at radius 3 is 1.23 bits per heavy atom. The van der Waals surface area contributed by atoms with Gasteiger partial charge in [0.15, 0.2) is 34.9 Å². The molecular weight excluding hydrogens is 1970 g/mol. The zero-order chi connectivity index (χ0) is 101. The summed E-state index contributed by atoms with van der Waals surface area (Å²) < 4.78 is 44.4. The summed E-state index contributed by atoms with van der Waals surface area (Å²) in [6.07, 6.45) is 22.0. The number of rotatable bonds is 11. The molecule has 3 aliphatic heterocycles. The lowest BCUT2D eigenvalue weighted by atomic mass is 9.77. The van der Waals surface area contributed by atoms with Gasteiger partial charge in [0, 0.05) is 114 Å². The first kappa shape index (κ1) is 105. The summed E-state index contributed by atoms with van der Waals surface area (Å²) in [5.74, 6) is 2.05. The number of benzene rings is 4. The summed E-state index contributed by atoms with van der Waals surface area (Å²) in [4.78, 5) is 84.6. The fraction of sp³-hybridized carbons (Fsp3) is 0.486. The van der Waals surface area contributed by atoms with Crippen LogP contribution in [0.15, 0.2) is 139 Å². The molecular formula is C105H130BBr3N20O11. The highest BCUT2D eigenvalue weighted by Crippen LogP contribution is 2.43. The van der Waals surface area contributed by atoms with Crippen molar-refractivity contribution in [2.45, 2.75) is 311 Å². The van der Waals surface area contributed by atoms with Gasteiger partial charge in [0.1, 0.15) is 0 Å². The number of aryl methyl sites for hydroxylation is 8. The highest BCUT2D eigenvalue weighted by Gasteiger charge is 2.52. The molecule has 0 bridgehead atoms. The standard InChI is InChI=1S/C31H35N7O2.C24H34BN3O4.C18H22BrN3O2.C13H13BrN4.C11H14BrN.C8H12N2O3/c1-17-26(18(2)38(6)36-17)25-16-23-21(13-14-32-27(23)33-25)20-11-12-22-19(15-20)9-7-8-10-24(22)34-28(39)29-35-30(37-40-29)31(3,4)5;1-22(2,3)21-27-20(30-28-21)19(29)26-18-11-9-8-10-15-14-16(12-13-17(15)18)25-31-23(4,5)24(6,7)32-25;1-18(2,3)17-21-16(24-22-17)15(23)20-14-7-5-4-6-11-10-12(19)8-9-13(11)14;1-7-12(8(2)18(3)17-7)11-6-9-10(14)4-5-15-13(9)16-11;12-9-5-6-10-8(7-9)3-1-2-4-11(10)13;1-8(2,3)7-9-5(13-10-7)6(11)12-4/h11-15,24H,7-10,16H2,1-6H3,(H,34,39);12-14,18H,8-11H2,1-7H3,(H,26,29);8-10,14H,4-7H2,1-3H3,(H,20,23);4-5H,6H2,1-3H3;5-7,11H,1-4,13H2;1-4H3. The fourth-order valence-corrected chi connectivity index (χ4v) is 19.2. The fourth-order valence-electron chi connectivity index (χ4n) is 18.0. The van der Waals surface area contributed by atoms with Gasteiger partial charge in [-0.15, -0.1) is 0 Å². The van der Waals surface area contributed by atoms with Crippen molar-refractivity contribution in [1.82, 2.24) is 86.0 Å². The van der Waals surface area contributed by atoms with Gasteiger partial charge in [-0.25, -0.2) is 24.7 Å². The predicted molar refractivity (Wildman–Crippen MR) is 548 cm³/mol. The average Bonchev–Trinajstić information content (AvgIpc) is 1.53. The van der Waals surface area contributed by atoms with E-state index in [1.807, 2.05) is 139 Å². The molecule has 12 aromatic rings. The van der Waals surface area contributed by atoms with E-state index in [0.29, 0.717) is 23.3 Å². The van der Waals surface area contributed by atoms with Crippen LogP contribution in [0.5, 0.6) is 0 Å². The minimum Gasteiger partial charge on any atom is -0.462 e. The van der Waals surface area contributed by atoms with Crippen molar-refractivity contribution < 1.29 is 51.3 Å². The molecule has 140 heavy (non-hydrogen) atoms. The van der Waals surface area contributed by atoms with Gasteiger partial charge in [-0.3, -0.25) is 23.7 Å². The molecule has 1 fully saturated rings. The first-order valence-corrected chi connectivity index (χ1v) is 50.6. The molecule has 0 radical (unpaired) electrons. The molecule has 31 nitrogen and oxygen atoms in total. The van der Waals surface area contributed by atoms with Crippen LogP contribution in [0.4, 0.5) is 11.6 Å². The normalized spacial score (nSPS) is 17.8. The molecule has 8 aromatic heterocycles. The van der Waals surface area contributed by atoms with Gasteiger partial charge in [0.25, 0.3) is 0 Å². The van der Waals surface area contributed by atoms with E-state index < -0.39 is 13.1 Å². The third-order valence-electron chi connectivity index (χ3n) is 26.7. The van der Waals surface area contributed by atoms with Gasteiger partial charge in [-0.2, -0.15) is 30.1 Å². The first-order valence-electron chi connectivity index (χ1n) is 48.2. The summed E-state index contributed by atoms with van der Waals surface area (Å²) in [5.41, 5.74) is 28.5. The molecule has 1 saturated heterocycles. The molecule has 5 N–H and O–H groups in total. The molecule has 7 aliphatic rings. The Balaban J connectivity index is 0.000000140. The van der Waals surface area contributed by atoms with E-state index in [-0.39, 0.29) is 98.3 Å². The van der Waals surface area contributed by atoms with Crippen LogP contribution < -0.4 is 27.1 Å². The van der Waals surface area contributed by atoms with Crippen molar-refractivity contribution in [1.29, 1.82) is 0 Å². The number of carbonyl (C=O) groups excluding carboxylic acids is 4. The van der Waals surface area contributed by atoms with E-state index >= 15 is 0 Å². The lowest BCUT2D eigenvalue weighted by molar-refractivity contribution is 0.00578. The summed E-state index contributed by atoms with van der Waals surface area (Å²) in [5, 5.41) is 33.9. The largest absolute Gasteiger partial charge is 0.494 e. The maximum absolute atomic E-state index is 13.1. The number of aromatic nitrogens is 14. The Hall–Kier alpha value is -11.2. The number of aliphatic imine (C=N–C) groups is 2. The van der Waals surface area contributed by atoms with Gasteiger partial charge < -0.3 is 53.8 Å². The van der Waals surface area contributed by atoms with Gasteiger partial charge in [-0.1, -0.05) is 226 Å². The number of carbonyl (C=O) groups is 4. The second-order valence-corrected chi connectivity index (χ2v) is 44.7. The zero-order valence-electron chi connectivity index (χ0n) is 84.7. The van der Waals surface area contributed by atoms with Crippen LogP contribution in [0, 0.1) is 27.7 Å². The number of halogens is 3. The second-order valence-electron chi connectivity index (χ2n) is 42.1. The number of amides is 3. The minimum absolute atomic E-state index is 0.00885. The van der Waals surface area contributed by atoms with E-state index in [4.69, 9.17) is 38.1 Å². The van der Waals surface area contributed by atoms with Crippen LogP contribution in [0.2, 0.25) is 0 Å². The van der Waals surface area contributed by atoms with Crippen molar-refractivity contribution in [3.63, 3.8) is 0 Å². The summed E-state index contributed by atoms with van der Waals surface area (Å²) in [6, 6.07) is 29.7. The minimum atomic E-state index is -0.608. The van der Waals surface area contributed by atoms with Crippen molar-refractivity contribution in [3.8, 4) is 11.1 Å². The maximum Gasteiger partial charge on any atom is 0.494 e. The number of methoxy groups -OCH3 is 1. The molecule has 3 amide bonds. The smallest absolute Gasteiger partial charge is 0.462 e. The number of fused-ring (bicyclic) bond motifs is 6. The summed E-state index contributed by atoms with van der Waals surface area (Å²) >= 11 is 10.6. The summed E-state index contributed by atoms with van der Waals surface area (Å²) in [7, 11) is 4.80. The van der Waals surface area contributed by atoms with Crippen LogP contribution >= 0.6 is 47.8 Å². The SMILES string of the molecule is CC(C)(C)c1noc(C(=O)NC2CCCCc3cc(B4OC(C)(C)C(C)(C)O4)ccc32)n1.CC(C)(C)c1noc(C(=O)NC2CCCCc3cc(Br)ccc32)n1.COC(=O)c1nc(C(C)(C)C)no1.Cc1nn(C)c(C)c1C1=Nc2nccc(-c3ccc4c(c3)CCCCC4NC(=O)c3nc(C(C)(C)C)no3)c2C1.Cc1nn(C)c(C)c1C1=Nc2nccc(Br)c2C1.NC1CCCCc2cc(Br)ccc21. The predicted octanol–water partition coefficient (Wildman–Crippen LogP) is 21.0. The van der Waals surface area contributed by atoms with E-state index in [2.05, 4.69) is 249 Å². The molecule has 4 unspecified atom stereocenters. The van der Waals surface area contributed by atoms with Crippen molar-refractivity contribution >= 4 is 107 Å². The number of nitrogens with zero attached hydrogens (tertiary/aromatic N) is 16. The van der Waals surface area contributed by atoms with Gasteiger partial charge in [-0.05, 0) is 230 Å². The number of pyridine rings is 2. The van der Waals surface area contributed by atoms with Crippen LogP contribution in [-0.2, 0) is 88.3 Å². The van der Waals surface area contributed by atoms with Crippen molar-refractivity contribution in [2.75, 3.05) is 7.11 Å². The molecule has 35 heteroatoms. The van der Waals surface area contributed by atoms with Crippen LogP contribution in [0.3, 0.4) is 0 Å². The third-order valence-corrected chi connectivity index (χ3v) is 28.4. The van der Waals surface area contributed by atoms with Gasteiger partial charge in [0.05, 0.1) is 59.2 Å². The number of hydrogen-bond acceptors (Lipinski definition) is 26. The van der Waals surface area contributed by atoms with Crippen LogP contribution in [0.25, 0.3) is 11.1 Å². The molecule has 4 aliphatic carbocycles. The van der Waals surface area contributed by atoms with E-state index in [1.54, 1.807) is 6.20 Å². The molecule has 0 spiro atoms. The molecule has 4 aromatic carbocycles. The number of ether oxygens (including phenoxy) is 1. The zero-order valence-corrected chi connectivity index (χ0v) is 89.5. The van der Waals surface area contributed by atoms with Crippen LogP contribution in [-0.4, -0.2) is 131 Å². The topological polar surface area (TPSA) is 400 Å². The third kappa shape index (κ3) is 24.6. The molecule has 0 saturated carbocycles. The number of nitrogens with one attached hydrogen (secondary N) is 3. The number of nitrogens with two attached hydrogens (primary N) is 1. The Morgan fingerprint density at radius 2 is 0.821 bits per heavy atom. The second kappa shape index (κ2) is 43.3. The number of esters is 1.